The highest BCUT2D eigenvalue weighted by Gasteiger charge is 2.22. The number of imidazole rings is 1. The van der Waals surface area contributed by atoms with Crippen LogP contribution >= 0.6 is 11.6 Å². The molecule has 2 rings (SSSR count). The van der Waals surface area contributed by atoms with Gasteiger partial charge in [0.15, 0.2) is 0 Å². The van der Waals surface area contributed by atoms with Crippen LogP contribution in [0, 0.1) is 0 Å². The molecule has 5 nitrogen and oxygen atoms in total. The number of hydrogen-bond donors (Lipinski definition) is 1. The fourth-order valence-corrected chi connectivity index (χ4v) is 2.24. The third kappa shape index (κ3) is 2.38. The lowest BCUT2D eigenvalue weighted by molar-refractivity contribution is -0.132. The van der Waals surface area contributed by atoms with Crippen molar-refractivity contribution in [3.8, 4) is 0 Å². The molecular weight excluding hydrogens is 264 g/mol. The maximum absolute atomic E-state index is 12.2. The zero-order chi connectivity index (χ0) is 14.2. The van der Waals surface area contributed by atoms with Gasteiger partial charge in [-0.3, -0.25) is 9.36 Å². The van der Waals surface area contributed by atoms with E-state index in [1.165, 1.54) is 0 Å². The lowest BCUT2D eigenvalue weighted by atomic mass is 10.2. The Morgan fingerprint density at radius 2 is 2.26 bits per heavy atom. The first-order chi connectivity index (χ1) is 8.95. The summed E-state index contributed by atoms with van der Waals surface area (Å²) in [6, 6.07) is 4.92. The highest BCUT2D eigenvalue weighted by atomic mass is 35.5. The van der Waals surface area contributed by atoms with Crippen molar-refractivity contribution in [3.05, 3.63) is 23.2 Å². The van der Waals surface area contributed by atoms with E-state index in [0.29, 0.717) is 17.5 Å². The number of nitrogens with two attached hydrogens (primary N) is 1. The van der Waals surface area contributed by atoms with Crippen molar-refractivity contribution in [2.45, 2.75) is 19.9 Å². The maximum atomic E-state index is 12.2. The zero-order valence-corrected chi connectivity index (χ0v) is 12.0. The standard InChI is InChI=1S/C13H17ClN4O/c1-4-17(3)12(19)8(2)18-11-7-9(14)5-6-10(11)16-13(18)15/h5-8H,4H2,1-3H3,(H2,15,16). The summed E-state index contributed by atoms with van der Waals surface area (Å²) in [7, 11) is 1.77. The summed E-state index contributed by atoms with van der Waals surface area (Å²) in [6.45, 7) is 4.39. The number of aromatic nitrogens is 2. The molecule has 1 amide bonds. The number of nitrogens with zero attached hydrogens (tertiary/aromatic N) is 3. The predicted molar refractivity (Wildman–Crippen MR) is 77.2 cm³/mol. The van der Waals surface area contributed by atoms with Crippen LogP contribution in [0.15, 0.2) is 18.2 Å². The number of benzene rings is 1. The number of fused-ring (bicyclic) bond motifs is 1. The van der Waals surface area contributed by atoms with Gasteiger partial charge in [0.25, 0.3) is 0 Å². The third-order valence-electron chi connectivity index (χ3n) is 3.27. The molecule has 0 aliphatic rings. The Bertz CT molecular complexity index is 622. The van der Waals surface area contributed by atoms with Crippen molar-refractivity contribution in [2.75, 3.05) is 19.3 Å². The Balaban J connectivity index is 2.52. The van der Waals surface area contributed by atoms with Crippen LogP contribution in [0.5, 0.6) is 0 Å². The topological polar surface area (TPSA) is 64.2 Å². The second-order valence-electron chi connectivity index (χ2n) is 4.50. The van der Waals surface area contributed by atoms with Gasteiger partial charge < -0.3 is 10.6 Å². The summed E-state index contributed by atoms with van der Waals surface area (Å²) in [6.07, 6.45) is 0. The van der Waals surface area contributed by atoms with Crippen molar-refractivity contribution in [2.24, 2.45) is 0 Å². The van der Waals surface area contributed by atoms with Gasteiger partial charge in [-0.2, -0.15) is 0 Å². The summed E-state index contributed by atoms with van der Waals surface area (Å²) < 4.78 is 1.72. The molecule has 1 atom stereocenters. The van der Waals surface area contributed by atoms with Crippen molar-refractivity contribution < 1.29 is 4.79 Å². The molecule has 0 fully saturated rings. The van der Waals surface area contributed by atoms with Crippen LogP contribution in [-0.4, -0.2) is 34.0 Å². The first-order valence-corrected chi connectivity index (χ1v) is 6.51. The average Bonchev–Trinajstić information content (AvgIpc) is 2.71. The van der Waals surface area contributed by atoms with Gasteiger partial charge in [0, 0.05) is 18.6 Å². The number of anilines is 1. The van der Waals surface area contributed by atoms with Gasteiger partial charge in [0.1, 0.15) is 6.04 Å². The molecule has 2 aromatic rings. The van der Waals surface area contributed by atoms with Crippen LogP contribution in [0.4, 0.5) is 5.95 Å². The number of carbonyl (C=O) groups excluding carboxylic acids is 1. The summed E-state index contributed by atoms with van der Waals surface area (Å²) >= 11 is 6.00. The molecular formula is C13H17ClN4O. The van der Waals surface area contributed by atoms with Gasteiger partial charge in [-0.25, -0.2) is 4.98 Å². The van der Waals surface area contributed by atoms with Gasteiger partial charge in [-0.1, -0.05) is 11.6 Å². The molecule has 0 saturated carbocycles. The van der Waals surface area contributed by atoms with E-state index >= 15 is 0 Å². The minimum Gasteiger partial charge on any atom is -0.369 e. The molecule has 19 heavy (non-hydrogen) atoms. The minimum atomic E-state index is -0.409. The third-order valence-corrected chi connectivity index (χ3v) is 3.51. The van der Waals surface area contributed by atoms with Crippen LogP contribution in [0.25, 0.3) is 11.0 Å². The van der Waals surface area contributed by atoms with Crippen LogP contribution in [0.2, 0.25) is 5.02 Å². The van der Waals surface area contributed by atoms with Gasteiger partial charge >= 0.3 is 0 Å². The number of amides is 1. The Hall–Kier alpha value is -1.75. The van der Waals surface area contributed by atoms with E-state index in [-0.39, 0.29) is 5.91 Å². The van der Waals surface area contributed by atoms with Crippen molar-refractivity contribution >= 4 is 34.5 Å². The van der Waals surface area contributed by atoms with Crippen molar-refractivity contribution in [1.82, 2.24) is 14.5 Å². The van der Waals surface area contributed by atoms with Crippen LogP contribution in [0.3, 0.4) is 0 Å². The molecule has 0 radical (unpaired) electrons. The lowest BCUT2D eigenvalue weighted by Crippen LogP contribution is -2.33. The molecule has 6 heteroatoms. The summed E-state index contributed by atoms with van der Waals surface area (Å²) in [5.41, 5.74) is 7.43. The molecule has 0 bridgehead atoms. The maximum Gasteiger partial charge on any atom is 0.245 e. The molecule has 1 heterocycles. The van der Waals surface area contributed by atoms with Crippen LogP contribution in [-0.2, 0) is 4.79 Å². The van der Waals surface area contributed by atoms with E-state index in [0.717, 1.165) is 11.0 Å². The zero-order valence-electron chi connectivity index (χ0n) is 11.2. The number of rotatable bonds is 3. The van der Waals surface area contributed by atoms with E-state index in [9.17, 15) is 4.79 Å². The molecule has 0 saturated heterocycles. The van der Waals surface area contributed by atoms with Gasteiger partial charge in [0.2, 0.25) is 11.9 Å². The number of halogens is 1. The van der Waals surface area contributed by atoms with E-state index in [1.807, 2.05) is 13.8 Å². The van der Waals surface area contributed by atoms with E-state index < -0.39 is 6.04 Å². The number of likely N-dealkylation sites (N-methyl/N-ethyl adjacent to an activating group) is 1. The monoisotopic (exact) mass is 280 g/mol. The van der Waals surface area contributed by atoms with Gasteiger partial charge in [0.05, 0.1) is 11.0 Å². The second kappa shape index (κ2) is 5.09. The fourth-order valence-electron chi connectivity index (χ4n) is 2.08. The lowest BCUT2D eigenvalue weighted by Gasteiger charge is -2.21. The summed E-state index contributed by atoms with van der Waals surface area (Å²) in [5, 5.41) is 0.595. The Morgan fingerprint density at radius 3 is 2.89 bits per heavy atom. The Morgan fingerprint density at radius 1 is 1.58 bits per heavy atom. The van der Waals surface area contributed by atoms with Crippen LogP contribution < -0.4 is 5.73 Å². The minimum absolute atomic E-state index is 0.00604. The largest absolute Gasteiger partial charge is 0.369 e. The van der Waals surface area contributed by atoms with Gasteiger partial charge in [-0.15, -0.1) is 0 Å². The highest BCUT2D eigenvalue weighted by Crippen LogP contribution is 2.26. The molecule has 1 aromatic heterocycles. The fraction of sp³-hybridized carbons (Fsp3) is 0.385. The second-order valence-corrected chi connectivity index (χ2v) is 4.94. The smallest absolute Gasteiger partial charge is 0.245 e. The average molecular weight is 281 g/mol. The molecule has 2 N–H and O–H groups in total. The summed E-state index contributed by atoms with van der Waals surface area (Å²) in [5.74, 6) is 0.316. The van der Waals surface area contributed by atoms with Crippen molar-refractivity contribution in [3.63, 3.8) is 0 Å². The molecule has 0 spiro atoms. The van der Waals surface area contributed by atoms with Crippen LogP contribution in [0.1, 0.15) is 19.9 Å². The van der Waals surface area contributed by atoms with Crippen molar-refractivity contribution in [1.29, 1.82) is 0 Å². The quantitative estimate of drug-likeness (QED) is 0.938. The molecule has 102 valence electrons. The van der Waals surface area contributed by atoms with E-state index in [2.05, 4.69) is 4.98 Å². The molecule has 0 aliphatic heterocycles. The predicted octanol–water partition coefficient (Wildman–Crippen LogP) is 2.31. The number of carbonyl (C=O) groups is 1. The normalized spacial score (nSPS) is 12.6. The molecule has 0 aliphatic carbocycles. The highest BCUT2D eigenvalue weighted by molar-refractivity contribution is 6.31. The number of nitrogen functional groups attached to an aromatic ring is 1. The van der Waals surface area contributed by atoms with E-state index in [1.54, 1.807) is 34.7 Å². The first kappa shape index (κ1) is 13.7. The first-order valence-electron chi connectivity index (χ1n) is 6.13. The summed E-state index contributed by atoms with van der Waals surface area (Å²) in [4.78, 5) is 18.1. The molecule has 1 unspecified atom stereocenters. The van der Waals surface area contributed by atoms with Gasteiger partial charge in [-0.05, 0) is 32.0 Å². The molecule has 1 aromatic carbocycles. The Labute approximate surface area is 117 Å². The Kier molecular flexibility index (Phi) is 3.66. The number of hydrogen-bond acceptors (Lipinski definition) is 3. The SMILES string of the molecule is CCN(C)C(=O)C(C)n1c(N)nc2ccc(Cl)cc21. The van der Waals surface area contributed by atoms with E-state index in [4.69, 9.17) is 17.3 Å².